The molecular formula is C29H33N7O7. The summed E-state index contributed by atoms with van der Waals surface area (Å²) < 4.78 is 15.8. The SMILES string of the molecule is NCOCCOCCOCCNC(=O)c1cccc2c(Nc3ccc4c(c3)C(=O)N(C3CCC(=O)NC3=O)C4)ncnc12. The highest BCUT2D eigenvalue weighted by molar-refractivity contribution is 6.08. The van der Waals surface area contributed by atoms with E-state index in [0.717, 1.165) is 5.56 Å². The Kier molecular flexibility index (Phi) is 9.84. The van der Waals surface area contributed by atoms with Gasteiger partial charge in [0, 0.05) is 36.1 Å². The minimum atomic E-state index is -0.683. The van der Waals surface area contributed by atoms with E-state index in [0.29, 0.717) is 86.1 Å². The smallest absolute Gasteiger partial charge is 0.255 e. The highest BCUT2D eigenvalue weighted by Gasteiger charge is 2.39. The maximum Gasteiger partial charge on any atom is 0.255 e. The fourth-order valence-electron chi connectivity index (χ4n) is 4.99. The number of para-hydroxylation sites is 1. The molecule has 2 aliphatic heterocycles. The summed E-state index contributed by atoms with van der Waals surface area (Å²) >= 11 is 0. The first kappa shape index (κ1) is 30.0. The molecule has 1 aromatic heterocycles. The van der Waals surface area contributed by atoms with Gasteiger partial charge in [-0.05, 0) is 36.2 Å². The monoisotopic (exact) mass is 591 g/mol. The van der Waals surface area contributed by atoms with E-state index in [1.165, 1.54) is 11.2 Å². The summed E-state index contributed by atoms with van der Waals surface area (Å²) in [6.45, 7) is 2.73. The van der Waals surface area contributed by atoms with Crippen LogP contribution in [-0.2, 0) is 30.3 Å². The van der Waals surface area contributed by atoms with Gasteiger partial charge in [0.1, 0.15) is 18.2 Å². The first-order chi connectivity index (χ1) is 21.0. The number of carbonyl (C=O) groups excluding carboxylic acids is 4. The van der Waals surface area contributed by atoms with E-state index >= 15 is 0 Å². The van der Waals surface area contributed by atoms with Crippen LogP contribution in [0.3, 0.4) is 0 Å². The summed E-state index contributed by atoms with van der Waals surface area (Å²) in [7, 11) is 0. The summed E-state index contributed by atoms with van der Waals surface area (Å²) in [4.78, 5) is 60.3. The van der Waals surface area contributed by atoms with Gasteiger partial charge in [-0.3, -0.25) is 24.5 Å². The van der Waals surface area contributed by atoms with E-state index in [2.05, 4.69) is 25.9 Å². The average Bonchev–Trinajstić information content (AvgIpc) is 3.33. The fraction of sp³-hybridized carbons (Fsp3) is 0.379. The molecule has 1 atom stereocenters. The predicted octanol–water partition coefficient (Wildman–Crippen LogP) is 0.830. The van der Waals surface area contributed by atoms with Crippen LogP contribution in [0.25, 0.3) is 10.9 Å². The molecule has 0 spiro atoms. The molecule has 1 fully saturated rings. The Bertz CT molecular complexity index is 1520. The van der Waals surface area contributed by atoms with Crippen LogP contribution in [0.15, 0.2) is 42.7 Å². The number of ether oxygens (including phenoxy) is 3. The number of piperidine rings is 1. The third-order valence-electron chi connectivity index (χ3n) is 7.09. The van der Waals surface area contributed by atoms with Crippen LogP contribution in [0.1, 0.15) is 39.1 Å². The van der Waals surface area contributed by atoms with Gasteiger partial charge in [0.25, 0.3) is 11.8 Å². The van der Waals surface area contributed by atoms with Gasteiger partial charge >= 0.3 is 0 Å². The second-order valence-corrected chi connectivity index (χ2v) is 9.88. The second kappa shape index (κ2) is 14.1. The molecule has 4 amide bonds. The molecule has 2 aromatic carbocycles. The number of fused-ring (bicyclic) bond motifs is 2. The molecule has 1 saturated heterocycles. The van der Waals surface area contributed by atoms with Crippen LogP contribution < -0.4 is 21.7 Å². The van der Waals surface area contributed by atoms with Gasteiger partial charge in [-0.15, -0.1) is 0 Å². The van der Waals surface area contributed by atoms with Gasteiger partial charge in [-0.25, -0.2) is 9.97 Å². The molecule has 0 bridgehead atoms. The van der Waals surface area contributed by atoms with E-state index in [1.807, 2.05) is 12.1 Å². The van der Waals surface area contributed by atoms with Crippen molar-refractivity contribution in [1.82, 2.24) is 25.5 Å². The Balaban J connectivity index is 1.20. The highest BCUT2D eigenvalue weighted by atomic mass is 16.5. The molecule has 0 radical (unpaired) electrons. The quantitative estimate of drug-likeness (QED) is 0.118. The van der Waals surface area contributed by atoms with Gasteiger partial charge in [0.15, 0.2) is 0 Å². The van der Waals surface area contributed by atoms with Gasteiger partial charge in [-0.1, -0.05) is 12.1 Å². The maximum absolute atomic E-state index is 13.2. The van der Waals surface area contributed by atoms with E-state index in [9.17, 15) is 19.2 Å². The lowest BCUT2D eigenvalue weighted by molar-refractivity contribution is -0.136. The van der Waals surface area contributed by atoms with Crippen molar-refractivity contribution in [2.75, 3.05) is 51.6 Å². The molecule has 226 valence electrons. The zero-order chi connectivity index (χ0) is 30.2. The molecular weight excluding hydrogens is 558 g/mol. The van der Waals surface area contributed by atoms with Crippen molar-refractivity contribution in [2.45, 2.75) is 25.4 Å². The number of carbonyl (C=O) groups is 4. The molecule has 1 unspecified atom stereocenters. The van der Waals surface area contributed by atoms with Gasteiger partial charge in [-0.2, -0.15) is 0 Å². The van der Waals surface area contributed by atoms with E-state index in [1.54, 1.807) is 24.3 Å². The van der Waals surface area contributed by atoms with Crippen LogP contribution >= 0.6 is 0 Å². The van der Waals surface area contributed by atoms with Crippen LogP contribution in [0.2, 0.25) is 0 Å². The van der Waals surface area contributed by atoms with E-state index in [4.69, 9.17) is 19.9 Å². The molecule has 14 nitrogen and oxygen atoms in total. The zero-order valence-corrected chi connectivity index (χ0v) is 23.5. The fourth-order valence-corrected chi connectivity index (χ4v) is 4.99. The number of hydrogen-bond acceptors (Lipinski definition) is 11. The molecule has 3 aromatic rings. The molecule has 14 heteroatoms. The maximum atomic E-state index is 13.2. The van der Waals surface area contributed by atoms with Gasteiger partial charge in [0.05, 0.1) is 50.8 Å². The number of benzene rings is 2. The average molecular weight is 592 g/mol. The van der Waals surface area contributed by atoms with Crippen molar-refractivity contribution >= 4 is 46.0 Å². The highest BCUT2D eigenvalue weighted by Crippen LogP contribution is 2.31. The number of rotatable bonds is 14. The topological polar surface area (TPSA) is 187 Å². The van der Waals surface area contributed by atoms with E-state index < -0.39 is 11.9 Å². The molecule has 0 aliphatic carbocycles. The Morgan fingerprint density at radius 2 is 1.81 bits per heavy atom. The van der Waals surface area contributed by atoms with Crippen molar-refractivity contribution < 1.29 is 33.4 Å². The summed E-state index contributed by atoms with van der Waals surface area (Å²) in [6.07, 6.45) is 1.86. The lowest BCUT2D eigenvalue weighted by atomic mass is 10.0. The van der Waals surface area contributed by atoms with Gasteiger partial charge in [0.2, 0.25) is 11.8 Å². The Morgan fingerprint density at radius 3 is 2.60 bits per heavy atom. The van der Waals surface area contributed by atoms with E-state index in [-0.39, 0.29) is 30.9 Å². The summed E-state index contributed by atoms with van der Waals surface area (Å²) in [6, 6.07) is 9.92. The largest absolute Gasteiger partial charge is 0.377 e. The minimum Gasteiger partial charge on any atom is -0.377 e. The van der Waals surface area contributed by atoms with Crippen molar-refractivity contribution in [2.24, 2.45) is 5.73 Å². The number of nitrogens with two attached hydrogens (primary N) is 1. The second-order valence-electron chi connectivity index (χ2n) is 9.88. The van der Waals surface area contributed by atoms with Gasteiger partial charge < -0.3 is 35.5 Å². The Morgan fingerprint density at radius 1 is 1.02 bits per heavy atom. The number of anilines is 2. The number of aromatic nitrogens is 2. The molecule has 3 heterocycles. The first-order valence-electron chi connectivity index (χ1n) is 14.0. The Labute approximate surface area is 247 Å². The third kappa shape index (κ3) is 7.11. The molecule has 2 aliphatic rings. The van der Waals surface area contributed by atoms with Crippen molar-refractivity contribution in [3.8, 4) is 0 Å². The van der Waals surface area contributed by atoms with Crippen molar-refractivity contribution in [3.63, 3.8) is 0 Å². The predicted molar refractivity (Wildman–Crippen MR) is 154 cm³/mol. The lowest BCUT2D eigenvalue weighted by Gasteiger charge is -2.29. The van der Waals surface area contributed by atoms with Crippen LogP contribution in [-0.4, -0.2) is 90.8 Å². The number of hydrogen-bond donors (Lipinski definition) is 4. The summed E-state index contributed by atoms with van der Waals surface area (Å²) in [5.74, 6) is -0.886. The van der Waals surface area contributed by atoms with Crippen molar-refractivity contribution in [1.29, 1.82) is 0 Å². The normalized spacial score (nSPS) is 16.3. The Hall–Kier alpha value is -4.50. The summed E-state index contributed by atoms with van der Waals surface area (Å²) in [5, 5.41) is 9.01. The molecule has 5 N–H and O–H groups in total. The molecule has 0 saturated carbocycles. The standard InChI is InChI=1S/C29H33N7O7/c30-16-43-13-12-42-11-10-41-9-8-31-27(38)21-3-1-2-20-25(21)32-17-33-26(20)34-19-5-4-18-15-36(29(40)22(18)14-19)23-6-7-24(37)35-28(23)39/h1-5,14,17,23H,6-13,15-16,30H2,(H,31,38)(H,32,33,34)(H,35,37,39). The molecule has 43 heavy (non-hydrogen) atoms. The van der Waals surface area contributed by atoms with Crippen LogP contribution in [0.4, 0.5) is 11.5 Å². The first-order valence-corrected chi connectivity index (χ1v) is 14.0. The third-order valence-corrected chi connectivity index (χ3v) is 7.09. The number of nitrogens with one attached hydrogen (secondary N) is 3. The van der Waals surface area contributed by atoms with Crippen LogP contribution in [0.5, 0.6) is 0 Å². The van der Waals surface area contributed by atoms with Crippen molar-refractivity contribution in [3.05, 3.63) is 59.4 Å². The zero-order valence-electron chi connectivity index (χ0n) is 23.5. The minimum absolute atomic E-state index is 0.158. The lowest BCUT2D eigenvalue weighted by Crippen LogP contribution is -2.52. The number of nitrogens with zero attached hydrogens (tertiary/aromatic N) is 3. The summed E-state index contributed by atoms with van der Waals surface area (Å²) in [5.41, 5.74) is 7.96. The van der Waals surface area contributed by atoms with Crippen LogP contribution in [0, 0.1) is 0 Å². The molecule has 5 rings (SSSR count). The number of amides is 4. The number of imide groups is 1.